The van der Waals surface area contributed by atoms with E-state index in [9.17, 15) is 20.0 Å². The number of hydrogen-bond acceptors (Lipinski definition) is 5. The third-order valence-electron chi connectivity index (χ3n) is 5.08. The molecule has 0 aliphatic carbocycles. The van der Waals surface area contributed by atoms with Crippen LogP contribution in [-0.2, 0) is 11.2 Å². The molecule has 0 aliphatic rings. The molecule has 0 radical (unpaired) electrons. The van der Waals surface area contributed by atoms with Gasteiger partial charge in [0, 0.05) is 24.3 Å². The number of rotatable bonds is 7. The molecular weight excluding hydrogens is 491 g/mol. The molecule has 0 bridgehead atoms. The number of carbonyl (C=O) groups excluding carboxylic acids is 1. The Bertz CT molecular complexity index is 1410. The van der Waals surface area contributed by atoms with E-state index in [-0.39, 0.29) is 29.5 Å². The molecular formula is C26H18Cl2N2O5. The first kappa shape index (κ1) is 24.1. The van der Waals surface area contributed by atoms with Gasteiger partial charge in [0.1, 0.15) is 17.2 Å². The molecule has 35 heavy (non-hydrogen) atoms. The second-order valence-electron chi connectivity index (χ2n) is 7.59. The van der Waals surface area contributed by atoms with Crippen LogP contribution in [0.2, 0.25) is 10.0 Å². The third kappa shape index (κ3) is 6.09. The SMILES string of the molecule is O=C(Cc1ccc(-c2cccc([N+](=O)[O-])c2)cc1)Nc1ccc(Oc2ccc(Cl)c(Cl)c2)cc1O. The number of non-ortho nitro benzene ring substituents is 1. The molecule has 4 aromatic carbocycles. The predicted octanol–water partition coefficient (Wildman–Crippen LogP) is 7.25. The number of phenolic OH excluding ortho intramolecular Hbond substituents is 1. The van der Waals surface area contributed by atoms with E-state index in [1.807, 2.05) is 0 Å². The van der Waals surface area contributed by atoms with Crippen molar-refractivity contribution in [2.45, 2.75) is 6.42 Å². The van der Waals surface area contributed by atoms with Gasteiger partial charge >= 0.3 is 0 Å². The van der Waals surface area contributed by atoms with E-state index in [0.717, 1.165) is 11.1 Å². The van der Waals surface area contributed by atoms with Gasteiger partial charge in [-0.2, -0.15) is 0 Å². The Morgan fingerprint density at radius 2 is 1.60 bits per heavy atom. The summed E-state index contributed by atoms with van der Waals surface area (Å²) >= 11 is 11.9. The zero-order chi connectivity index (χ0) is 24.9. The normalized spacial score (nSPS) is 10.6. The average Bonchev–Trinajstić information content (AvgIpc) is 2.84. The molecule has 0 aliphatic heterocycles. The second-order valence-corrected chi connectivity index (χ2v) is 8.40. The highest BCUT2D eigenvalue weighted by molar-refractivity contribution is 6.42. The maximum absolute atomic E-state index is 12.5. The molecule has 0 saturated carbocycles. The number of halogens is 2. The van der Waals surface area contributed by atoms with Crippen LogP contribution in [0.1, 0.15) is 5.56 Å². The van der Waals surface area contributed by atoms with Crippen molar-refractivity contribution < 1.29 is 19.6 Å². The van der Waals surface area contributed by atoms with E-state index in [2.05, 4.69) is 5.32 Å². The van der Waals surface area contributed by atoms with Crippen molar-refractivity contribution in [3.8, 4) is 28.4 Å². The molecule has 9 heteroatoms. The van der Waals surface area contributed by atoms with E-state index in [1.54, 1.807) is 60.7 Å². The number of carbonyl (C=O) groups is 1. The highest BCUT2D eigenvalue weighted by Gasteiger charge is 2.11. The number of anilines is 1. The number of nitrogens with zero attached hydrogens (tertiary/aromatic N) is 1. The average molecular weight is 509 g/mol. The summed E-state index contributed by atoms with van der Waals surface area (Å²) in [6.07, 6.45) is 0.0795. The number of aromatic hydroxyl groups is 1. The Kier molecular flexibility index (Phi) is 7.19. The van der Waals surface area contributed by atoms with Crippen molar-refractivity contribution >= 4 is 40.5 Å². The van der Waals surface area contributed by atoms with Gasteiger partial charge in [0.25, 0.3) is 5.69 Å². The summed E-state index contributed by atoms with van der Waals surface area (Å²) in [4.78, 5) is 23.0. The molecule has 0 atom stereocenters. The fraction of sp³-hybridized carbons (Fsp3) is 0.0385. The first-order valence-corrected chi connectivity index (χ1v) is 11.1. The Labute approximate surface area is 210 Å². The Morgan fingerprint density at radius 3 is 2.29 bits per heavy atom. The molecule has 0 spiro atoms. The molecule has 2 N–H and O–H groups in total. The van der Waals surface area contributed by atoms with Crippen molar-refractivity contribution in [2.24, 2.45) is 0 Å². The number of nitro benzene ring substituents is 1. The zero-order valence-corrected chi connectivity index (χ0v) is 19.6. The Balaban J connectivity index is 1.38. The van der Waals surface area contributed by atoms with Crippen LogP contribution < -0.4 is 10.1 Å². The minimum Gasteiger partial charge on any atom is -0.506 e. The molecule has 7 nitrogen and oxygen atoms in total. The smallest absolute Gasteiger partial charge is 0.270 e. The number of nitrogens with one attached hydrogen (secondary N) is 1. The molecule has 176 valence electrons. The molecule has 1 amide bonds. The summed E-state index contributed by atoms with van der Waals surface area (Å²) in [5.74, 6) is 0.332. The van der Waals surface area contributed by atoms with Gasteiger partial charge in [-0.1, -0.05) is 59.6 Å². The third-order valence-corrected chi connectivity index (χ3v) is 5.82. The van der Waals surface area contributed by atoms with Gasteiger partial charge in [0.15, 0.2) is 0 Å². The van der Waals surface area contributed by atoms with Crippen LogP contribution >= 0.6 is 23.2 Å². The maximum Gasteiger partial charge on any atom is 0.270 e. The fourth-order valence-electron chi connectivity index (χ4n) is 3.35. The summed E-state index contributed by atoms with van der Waals surface area (Å²) in [6.45, 7) is 0. The summed E-state index contributed by atoms with van der Waals surface area (Å²) in [5.41, 5.74) is 2.51. The van der Waals surface area contributed by atoms with E-state index in [0.29, 0.717) is 27.1 Å². The van der Waals surface area contributed by atoms with E-state index in [1.165, 1.54) is 24.3 Å². The lowest BCUT2D eigenvalue weighted by Crippen LogP contribution is -2.14. The van der Waals surface area contributed by atoms with Gasteiger partial charge < -0.3 is 15.2 Å². The summed E-state index contributed by atoms with van der Waals surface area (Å²) in [5, 5.41) is 24.7. The lowest BCUT2D eigenvalue weighted by Gasteiger charge is -2.11. The largest absolute Gasteiger partial charge is 0.506 e. The van der Waals surface area contributed by atoms with Gasteiger partial charge in [-0.3, -0.25) is 14.9 Å². The molecule has 4 aromatic rings. The van der Waals surface area contributed by atoms with Gasteiger partial charge in [0.05, 0.1) is 27.1 Å². The Hall–Kier alpha value is -4.07. The van der Waals surface area contributed by atoms with Crippen molar-refractivity contribution in [3.63, 3.8) is 0 Å². The van der Waals surface area contributed by atoms with Crippen molar-refractivity contribution in [1.82, 2.24) is 0 Å². The number of amides is 1. The number of benzene rings is 4. The summed E-state index contributed by atoms with van der Waals surface area (Å²) < 4.78 is 5.67. The van der Waals surface area contributed by atoms with Gasteiger partial charge in [-0.05, 0) is 41.0 Å². The van der Waals surface area contributed by atoms with Crippen molar-refractivity contribution in [1.29, 1.82) is 0 Å². The van der Waals surface area contributed by atoms with Crippen LogP contribution in [0.3, 0.4) is 0 Å². The van der Waals surface area contributed by atoms with Crippen LogP contribution in [0, 0.1) is 10.1 Å². The van der Waals surface area contributed by atoms with Crippen LogP contribution in [0.25, 0.3) is 11.1 Å². The van der Waals surface area contributed by atoms with Crippen molar-refractivity contribution in [2.75, 3.05) is 5.32 Å². The maximum atomic E-state index is 12.5. The highest BCUT2D eigenvalue weighted by atomic mass is 35.5. The number of ether oxygens (including phenoxy) is 1. The first-order valence-electron chi connectivity index (χ1n) is 10.4. The fourth-order valence-corrected chi connectivity index (χ4v) is 3.64. The molecule has 0 unspecified atom stereocenters. The minimum absolute atomic E-state index is 0.0131. The highest BCUT2D eigenvalue weighted by Crippen LogP contribution is 2.33. The summed E-state index contributed by atoms with van der Waals surface area (Å²) in [6, 6.07) is 22.8. The molecule has 0 fully saturated rings. The number of hydrogen-bond donors (Lipinski definition) is 2. The van der Waals surface area contributed by atoms with Crippen LogP contribution in [0.5, 0.6) is 17.2 Å². The quantitative estimate of drug-likeness (QED) is 0.155. The summed E-state index contributed by atoms with van der Waals surface area (Å²) in [7, 11) is 0. The van der Waals surface area contributed by atoms with Gasteiger partial charge in [0.2, 0.25) is 5.91 Å². The lowest BCUT2D eigenvalue weighted by atomic mass is 10.0. The van der Waals surface area contributed by atoms with Gasteiger partial charge in [-0.25, -0.2) is 0 Å². The number of nitro groups is 1. The van der Waals surface area contributed by atoms with E-state index in [4.69, 9.17) is 27.9 Å². The van der Waals surface area contributed by atoms with Crippen LogP contribution in [0.15, 0.2) is 84.9 Å². The molecule has 0 saturated heterocycles. The first-order chi connectivity index (χ1) is 16.8. The second kappa shape index (κ2) is 10.5. The monoisotopic (exact) mass is 508 g/mol. The molecule has 4 rings (SSSR count). The van der Waals surface area contributed by atoms with Crippen LogP contribution in [0.4, 0.5) is 11.4 Å². The Morgan fingerprint density at radius 1 is 0.886 bits per heavy atom. The number of phenols is 1. The van der Waals surface area contributed by atoms with E-state index < -0.39 is 4.92 Å². The topological polar surface area (TPSA) is 102 Å². The minimum atomic E-state index is -0.441. The van der Waals surface area contributed by atoms with Gasteiger partial charge in [-0.15, -0.1) is 0 Å². The molecule has 0 aromatic heterocycles. The van der Waals surface area contributed by atoms with E-state index >= 15 is 0 Å². The lowest BCUT2D eigenvalue weighted by molar-refractivity contribution is -0.384. The van der Waals surface area contributed by atoms with Crippen LogP contribution in [-0.4, -0.2) is 15.9 Å². The predicted molar refractivity (Wildman–Crippen MR) is 136 cm³/mol. The standard InChI is InChI=1S/C26H18Cl2N2O5/c27-22-10-8-20(14-23(22)28)35-21-9-11-24(25(31)15-21)29-26(32)12-16-4-6-17(7-5-16)18-2-1-3-19(13-18)30(33)34/h1-11,13-15,31H,12H2,(H,29,32). The molecule has 0 heterocycles. The van der Waals surface area contributed by atoms with Crippen molar-refractivity contribution in [3.05, 3.63) is 111 Å². The zero-order valence-electron chi connectivity index (χ0n) is 18.1.